The number of carbonyl (C=O) groups excluding carboxylic acids is 1. The molecule has 2 aromatic rings. The van der Waals surface area contributed by atoms with E-state index in [1.165, 1.54) is 24.6 Å². The number of piperazine rings is 1. The van der Waals surface area contributed by atoms with Crippen LogP contribution in [-0.4, -0.2) is 87.6 Å². The van der Waals surface area contributed by atoms with Gasteiger partial charge >= 0.3 is 0 Å². The van der Waals surface area contributed by atoms with Gasteiger partial charge in [0.15, 0.2) is 0 Å². The third kappa shape index (κ3) is 5.05. The van der Waals surface area contributed by atoms with Gasteiger partial charge in [0.05, 0.1) is 26.5 Å². The van der Waals surface area contributed by atoms with E-state index in [4.69, 9.17) is 14.0 Å². The van der Waals surface area contributed by atoms with Crippen molar-refractivity contribution in [3.8, 4) is 11.5 Å². The molecule has 0 spiro atoms. The molecule has 1 aromatic carbocycles. The van der Waals surface area contributed by atoms with E-state index in [0.717, 1.165) is 17.0 Å². The fourth-order valence-corrected chi connectivity index (χ4v) is 5.28. The molecule has 1 aliphatic rings. The van der Waals surface area contributed by atoms with Crippen LogP contribution in [0.5, 0.6) is 11.5 Å². The number of amides is 1. The van der Waals surface area contributed by atoms with Crippen molar-refractivity contribution >= 4 is 15.9 Å². The Morgan fingerprint density at radius 1 is 1.16 bits per heavy atom. The van der Waals surface area contributed by atoms with E-state index < -0.39 is 10.0 Å². The Morgan fingerprint density at radius 2 is 1.84 bits per heavy atom. The van der Waals surface area contributed by atoms with Gasteiger partial charge in [-0.15, -0.1) is 0 Å². The Balaban J connectivity index is 1.61. The Labute approximate surface area is 188 Å². The molecule has 10 nitrogen and oxygen atoms in total. The maximum atomic E-state index is 13.2. The number of aromatic nitrogens is 1. The van der Waals surface area contributed by atoms with E-state index in [9.17, 15) is 13.2 Å². The molecule has 32 heavy (non-hydrogen) atoms. The van der Waals surface area contributed by atoms with Gasteiger partial charge in [-0.25, -0.2) is 8.42 Å². The van der Waals surface area contributed by atoms with Crippen LogP contribution < -0.4 is 9.47 Å². The predicted octanol–water partition coefficient (Wildman–Crippen LogP) is 1.27. The average Bonchev–Trinajstić information content (AvgIpc) is 3.10. The van der Waals surface area contributed by atoms with Gasteiger partial charge in [-0.1, -0.05) is 5.16 Å². The highest BCUT2D eigenvalue weighted by Crippen LogP contribution is 2.31. The number of methoxy groups -OCH3 is 2. The average molecular weight is 467 g/mol. The first kappa shape index (κ1) is 24.0. The Kier molecular flexibility index (Phi) is 7.42. The fraction of sp³-hybridized carbons (Fsp3) is 0.524. The Hall–Kier alpha value is -2.63. The summed E-state index contributed by atoms with van der Waals surface area (Å²) in [6.45, 7) is 5.56. The van der Waals surface area contributed by atoms with Crippen LogP contribution in [0, 0.1) is 13.8 Å². The summed E-state index contributed by atoms with van der Waals surface area (Å²) in [6, 6.07) is 4.67. The van der Waals surface area contributed by atoms with Crippen molar-refractivity contribution < 1.29 is 27.2 Å². The molecule has 1 amide bonds. The van der Waals surface area contributed by atoms with Gasteiger partial charge in [-0.3, -0.25) is 9.69 Å². The summed E-state index contributed by atoms with van der Waals surface area (Å²) in [7, 11) is 0.974. The molecule has 0 bridgehead atoms. The molecule has 0 aliphatic carbocycles. The third-order valence-corrected chi connectivity index (χ3v) is 7.51. The number of carbonyl (C=O) groups is 1. The molecule has 0 N–H and O–H groups in total. The van der Waals surface area contributed by atoms with Crippen LogP contribution >= 0.6 is 0 Å². The second-order valence-corrected chi connectivity index (χ2v) is 9.68. The van der Waals surface area contributed by atoms with Crippen molar-refractivity contribution in [2.75, 3.05) is 54.0 Å². The summed E-state index contributed by atoms with van der Waals surface area (Å²) >= 11 is 0. The van der Waals surface area contributed by atoms with E-state index in [1.54, 1.807) is 17.0 Å². The largest absolute Gasteiger partial charge is 0.497 e. The summed E-state index contributed by atoms with van der Waals surface area (Å²) in [5, 5.41) is 3.94. The van der Waals surface area contributed by atoms with Crippen LogP contribution in [0.15, 0.2) is 27.6 Å². The van der Waals surface area contributed by atoms with Gasteiger partial charge in [0.2, 0.25) is 15.9 Å². The smallest absolute Gasteiger partial charge is 0.247 e. The van der Waals surface area contributed by atoms with Crippen molar-refractivity contribution in [2.45, 2.75) is 25.3 Å². The van der Waals surface area contributed by atoms with Gasteiger partial charge in [0.1, 0.15) is 22.2 Å². The van der Waals surface area contributed by atoms with E-state index >= 15 is 0 Å². The maximum absolute atomic E-state index is 13.2. The first-order chi connectivity index (χ1) is 15.2. The second-order valence-electron chi connectivity index (χ2n) is 7.78. The number of rotatable bonds is 8. The van der Waals surface area contributed by atoms with Crippen LogP contribution in [0.25, 0.3) is 0 Å². The van der Waals surface area contributed by atoms with Crippen molar-refractivity contribution in [3.63, 3.8) is 0 Å². The molecule has 1 aliphatic heterocycles. The molecule has 0 unspecified atom stereocenters. The number of likely N-dealkylation sites (N-methyl/N-ethyl adjacent to an activating group) is 1. The van der Waals surface area contributed by atoms with Gasteiger partial charge < -0.3 is 18.9 Å². The molecule has 2 heterocycles. The molecular formula is C21H30N4O6S. The highest BCUT2D eigenvalue weighted by molar-refractivity contribution is 7.89. The summed E-state index contributed by atoms with van der Waals surface area (Å²) in [5.74, 6) is 1.38. The summed E-state index contributed by atoms with van der Waals surface area (Å²) < 4.78 is 43.4. The monoisotopic (exact) mass is 466 g/mol. The minimum Gasteiger partial charge on any atom is -0.497 e. The van der Waals surface area contributed by atoms with Crippen LogP contribution in [0.4, 0.5) is 0 Å². The normalized spacial score (nSPS) is 15.2. The number of ether oxygens (including phenoxy) is 2. The molecule has 176 valence electrons. The van der Waals surface area contributed by atoms with Gasteiger partial charge in [0.25, 0.3) is 0 Å². The molecule has 1 saturated heterocycles. The predicted molar refractivity (Wildman–Crippen MR) is 117 cm³/mol. The minimum atomic E-state index is -3.79. The van der Waals surface area contributed by atoms with E-state index in [1.807, 2.05) is 25.8 Å². The van der Waals surface area contributed by atoms with E-state index in [2.05, 4.69) is 5.16 Å². The number of hydrogen-bond donors (Lipinski definition) is 0. The number of aryl methyl sites for hydroxylation is 2. The van der Waals surface area contributed by atoms with Crippen LogP contribution in [0.2, 0.25) is 0 Å². The lowest BCUT2D eigenvalue weighted by Crippen LogP contribution is -2.52. The van der Waals surface area contributed by atoms with Crippen LogP contribution in [0.1, 0.15) is 17.0 Å². The van der Waals surface area contributed by atoms with Crippen molar-refractivity contribution in [2.24, 2.45) is 0 Å². The molecule has 0 saturated carbocycles. The van der Waals surface area contributed by atoms with E-state index in [0.29, 0.717) is 25.4 Å². The molecule has 0 radical (unpaired) electrons. The highest BCUT2D eigenvalue weighted by Gasteiger charge is 2.32. The first-order valence-electron chi connectivity index (χ1n) is 10.3. The number of sulfonamides is 1. The summed E-state index contributed by atoms with van der Waals surface area (Å²) in [6.07, 6.45) is 0. The van der Waals surface area contributed by atoms with Crippen LogP contribution in [-0.2, 0) is 21.4 Å². The lowest BCUT2D eigenvalue weighted by atomic mass is 10.2. The molecular weight excluding hydrogens is 436 g/mol. The zero-order chi connectivity index (χ0) is 23.5. The number of benzene rings is 1. The lowest BCUT2D eigenvalue weighted by molar-refractivity contribution is -0.133. The molecule has 1 aromatic heterocycles. The Morgan fingerprint density at radius 3 is 2.41 bits per heavy atom. The van der Waals surface area contributed by atoms with Crippen molar-refractivity contribution in [3.05, 3.63) is 35.2 Å². The van der Waals surface area contributed by atoms with E-state index in [-0.39, 0.29) is 36.2 Å². The van der Waals surface area contributed by atoms with Crippen LogP contribution in [0.3, 0.4) is 0 Å². The van der Waals surface area contributed by atoms with Gasteiger partial charge in [-0.2, -0.15) is 4.31 Å². The standard InChI is InChI=1S/C21H30N4O6S/c1-15-18(16(2)31-22-15)13-23(3)14-21(26)24-8-10-25(11-9-24)32(27,28)20-12-17(29-4)6-7-19(20)30-5/h6-7,12H,8-11,13-14H2,1-5H3. The SMILES string of the molecule is COc1ccc(OC)c(S(=O)(=O)N2CCN(C(=O)CN(C)Cc3c(C)noc3C)CC2)c1. The zero-order valence-corrected chi connectivity index (χ0v) is 19.9. The summed E-state index contributed by atoms with van der Waals surface area (Å²) in [4.78, 5) is 16.4. The summed E-state index contributed by atoms with van der Waals surface area (Å²) in [5.41, 5.74) is 1.79. The second kappa shape index (κ2) is 9.88. The highest BCUT2D eigenvalue weighted by atomic mass is 32.2. The zero-order valence-electron chi connectivity index (χ0n) is 19.1. The Bertz CT molecular complexity index is 1040. The molecule has 1 fully saturated rings. The minimum absolute atomic E-state index is 0.0460. The quantitative estimate of drug-likeness (QED) is 0.573. The molecule has 11 heteroatoms. The topological polar surface area (TPSA) is 105 Å². The van der Waals surface area contributed by atoms with Crippen molar-refractivity contribution in [1.29, 1.82) is 0 Å². The fourth-order valence-electron chi connectivity index (χ4n) is 3.69. The maximum Gasteiger partial charge on any atom is 0.247 e. The van der Waals surface area contributed by atoms with Crippen molar-refractivity contribution in [1.82, 2.24) is 19.3 Å². The lowest BCUT2D eigenvalue weighted by Gasteiger charge is -2.35. The van der Waals surface area contributed by atoms with Gasteiger partial charge in [-0.05, 0) is 33.0 Å². The number of nitrogens with zero attached hydrogens (tertiary/aromatic N) is 4. The number of hydrogen-bond acceptors (Lipinski definition) is 8. The first-order valence-corrected chi connectivity index (χ1v) is 11.7. The molecule has 3 rings (SSSR count). The van der Waals surface area contributed by atoms with Gasteiger partial charge in [0, 0.05) is 44.4 Å². The molecule has 0 atom stereocenters. The third-order valence-electron chi connectivity index (χ3n) is 5.59.